The Morgan fingerprint density at radius 2 is 2.00 bits per heavy atom. The number of thiophene rings is 1. The molecular weight excluding hydrogens is 380 g/mol. The molecule has 3 rings (SSSR count). The molecule has 1 fully saturated rings. The van der Waals surface area contributed by atoms with Crippen molar-refractivity contribution in [2.45, 2.75) is 25.8 Å². The second-order valence-electron chi connectivity index (χ2n) is 7.75. The summed E-state index contributed by atoms with van der Waals surface area (Å²) in [7, 11) is 5.71. The van der Waals surface area contributed by atoms with Gasteiger partial charge in [-0.15, -0.1) is 11.3 Å². The smallest absolute Gasteiger partial charge is 0.193 e. The van der Waals surface area contributed by atoms with Gasteiger partial charge in [0, 0.05) is 38.6 Å². The molecule has 0 radical (unpaired) electrons. The Bertz CT molecular complexity index is 737. The van der Waals surface area contributed by atoms with Gasteiger partial charge in [-0.25, -0.2) is 0 Å². The van der Waals surface area contributed by atoms with Crippen molar-refractivity contribution >= 4 is 17.3 Å². The first kappa shape index (κ1) is 21.7. The van der Waals surface area contributed by atoms with E-state index in [-0.39, 0.29) is 0 Å². The number of nitrogens with one attached hydrogen (secondary N) is 1. The summed E-state index contributed by atoms with van der Waals surface area (Å²) < 4.78 is 5.25. The van der Waals surface area contributed by atoms with Crippen LogP contribution in [0.2, 0.25) is 0 Å². The van der Waals surface area contributed by atoms with Crippen LogP contribution in [0.4, 0.5) is 0 Å². The number of hydrogen-bond acceptors (Lipinski definition) is 4. The monoisotopic (exact) mass is 414 g/mol. The maximum Gasteiger partial charge on any atom is 0.193 e. The summed E-state index contributed by atoms with van der Waals surface area (Å²) in [5.74, 6) is 2.64. The van der Waals surface area contributed by atoms with E-state index in [2.05, 4.69) is 56.8 Å². The van der Waals surface area contributed by atoms with Gasteiger partial charge in [0.15, 0.2) is 5.96 Å². The molecular formula is C23H34N4OS. The normalized spacial score (nSPS) is 16.0. The first-order valence-corrected chi connectivity index (χ1v) is 11.4. The van der Waals surface area contributed by atoms with Crippen molar-refractivity contribution in [2.75, 3.05) is 47.4 Å². The molecule has 0 aliphatic carbocycles. The zero-order chi connectivity index (χ0) is 20.5. The predicted octanol–water partition coefficient (Wildman–Crippen LogP) is 3.72. The molecule has 5 nitrogen and oxygen atoms in total. The number of ether oxygens (including phenoxy) is 1. The summed E-state index contributed by atoms with van der Waals surface area (Å²) in [6, 6.07) is 12.8. The lowest BCUT2D eigenvalue weighted by molar-refractivity contribution is 0.177. The summed E-state index contributed by atoms with van der Waals surface area (Å²) >= 11 is 1.82. The maximum absolute atomic E-state index is 5.25. The van der Waals surface area contributed by atoms with Gasteiger partial charge >= 0.3 is 0 Å². The van der Waals surface area contributed by atoms with Gasteiger partial charge in [-0.1, -0.05) is 18.2 Å². The highest BCUT2D eigenvalue weighted by atomic mass is 32.1. The molecule has 0 bridgehead atoms. The van der Waals surface area contributed by atoms with Crippen molar-refractivity contribution in [1.82, 2.24) is 15.1 Å². The number of rotatable bonds is 8. The minimum atomic E-state index is 0.713. The highest BCUT2D eigenvalue weighted by Gasteiger charge is 2.20. The molecule has 29 heavy (non-hydrogen) atoms. The van der Waals surface area contributed by atoms with E-state index in [0.29, 0.717) is 5.92 Å². The largest absolute Gasteiger partial charge is 0.497 e. The number of likely N-dealkylation sites (tertiary alicyclic amines) is 1. The van der Waals surface area contributed by atoms with Crippen LogP contribution in [0, 0.1) is 5.92 Å². The Morgan fingerprint density at radius 3 is 2.62 bits per heavy atom. The lowest BCUT2D eigenvalue weighted by Crippen LogP contribution is -2.44. The summed E-state index contributed by atoms with van der Waals surface area (Å²) in [6.45, 7) is 5.33. The van der Waals surface area contributed by atoms with Gasteiger partial charge in [-0.2, -0.15) is 0 Å². The van der Waals surface area contributed by atoms with Crippen LogP contribution in [0.3, 0.4) is 0 Å². The lowest BCUT2D eigenvalue weighted by Gasteiger charge is -2.33. The van der Waals surface area contributed by atoms with Crippen LogP contribution in [0.1, 0.15) is 23.3 Å². The van der Waals surface area contributed by atoms with Gasteiger partial charge in [0.05, 0.1) is 7.11 Å². The van der Waals surface area contributed by atoms with Gasteiger partial charge in [-0.3, -0.25) is 9.89 Å². The summed E-state index contributed by atoms with van der Waals surface area (Å²) in [4.78, 5) is 10.7. The van der Waals surface area contributed by atoms with Crippen LogP contribution in [0.15, 0.2) is 46.8 Å². The molecule has 1 saturated heterocycles. The van der Waals surface area contributed by atoms with Crippen molar-refractivity contribution in [3.05, 3.63) is 52.2 Å². The molecule has 2 heterocycles. The van der Waals surface area contributed by atoms with Gasteiger partial charge in [0.25, 0.3) is 0 Å². The van der Waals surface area contributed by atoms with Crippen molar-refractivity contribution in [2.24, 2.45) is 10.9 Å². The molecule has 2 aromatic rings. The Morgan fingerprint density at radius 1 is 1.24 bits per heavy atom. The number of methoxy groups -OCH3 is 1. The van der Waals surface area contributed by atoms with Crippen molar-refractivity contribution in [1.29, 1.82) is 0 Å². The molecule has 1 aromatic carbocycles. The van der Waals surface area contributed by atoms with E-state index in [1.54, 1.807) is 7.11 Å². The average molecular weight is 415 g/mol. The highest BCUT2D eigenvalue weighted by molar-refractivity contribution is 7.09. The van der Waals surface area contributed by atoms with Crippen LogP contribution < -0.4 is 10.1 Å². The summed E-state index contributed by atoms with van der Waals surface area (Å²) in [5, 5.41) is 5.74. The molecule has 0 spiro atoms. The molecule has 1 aliphatic rings. The standard InChI is InChI=1S/C23H34N4OS/c1-24-23(26(2)13-12-22-5-4-16-29-22)25-17-19-10-14-27(15-11-19)18-20-6-8-21(28-3)9-7-20/h4-9,16,19H,10-15,17-18H2,1-3H3,(H,24,25). The van der Waals surface area contributed by atoms with Gasteiger partial charge in [0.2, 0.25) is 0 Å². The molecule has 6 heteroatoms. The van der Waals surface area contributed by atoms with Crippen molar-refractivity contribution < 1.29 is 4.74 Å². The quantitative estimate of drug-likeness (QED) is 0.528. The summed E-state index contributed by atoms with van der Waals surface area (Å²) in [6.07, 6.45) is 3.54. The average Bonchev–Trinajstić information content (AvgIpc) is 3.28. The van der Waals surface area contributed by atoms with E-state index >= 15 is 0 Å². The zero-order valence-corrected chi connectivity index (χ0v) is 18.8. The minimum Gasteiger partial charge on any atom is -0.497 e. The van der Waals surface area contributed by atoms with Crippen LogP contribution in [-0.4, -0.2) is 63.1 Å². The lowest BCUT2D eigenvalue weighted by atomic mass is 9.96. The number of benzene rings is 1. The number of aliphatic imine (C=N–C) groups is 1. The fourth-order valence-electron chi connectivity index (χ4n) is 3.80. The predicted molar refractivity (Wildman–Crippen MR) is 123 cm³/mol. The Balaban J connectivity index is 1.36. The van der Waals surface area contributed by atoms with E-state index in [1.807, 2.05) is 30.5 Å². The number of piperidine rings is 1. The highest BCUT2D eigenvalue weighted by Crippen LogP contribution is 2.20. The third kappa shape index (κ3) is 6.75. The maximum atomic E-state index is 5.25. The van der Waals surface area contributed by atoms with E-state index < -0.39 is 0 Å². The van der Waals surface area contributed by atoms with Crippen LogP contribution in [0.25, 0.3) is 0 Å². The van der Waals surface area contributed by atoms with E-state index in [1.165, 1.54) is 23.3 Å². The third-order valence-electron chi connectivity index (χ3n) is 5.67. The molecule has 0 unspecified atom stereocenters. The van der Waals surface area contributed by atoms with Gasteiger partial charge in [0.1, 0.15) is 5.75 Å². The molecule has 1 aromatic heterocycles. The number of guanidine groups is 1. The van der Waals surface area contributed by atoms with Crippen LogP contribution in [-0.2, 0) is 13.0 Å². The fraction of sp³-hybridized carbons (Fsp3) is 0.522. The van der Waals surface area contributed by atoms with Crippen molar-refractivity contribution in [3.8, 4) is 5.75 Å². The number of nitrogens with zero attached hydrogens (tertiary/aromatic N) is 3. The molecule has 0 atom stereocenters. The second-order valence-corrected chi connectivity index (χ2v) is 8.78. The first-order chi connectivity index (χ1) is 14.2. The van der Waals surface area contributed by atoms with Gasteiger partial charge < -0.3 is 15.0 Å². The van der Waals surface area contributed by atoms with Crippen molar-refractivity contribution in [3.63, 3.8) is 0 Å². The van der Waals surface area contributed by atoms with Crippen LogP contribution >= 0.6 is 11.3 Å². The first-order valence-electron chi connectivity index (χ1n) is 10.5. The second kappa shape index (κ2) is 11.2. The molecule has 0 saturated carbocycles. The Hall–Kier alpha value is -2.05. The molecule has 0 amide bonds. The number of hydrogen-bond donors (Lipinski definition) is 1. The molecule has 158 valence electrons. The zero-order valence-electron chi connectivity index (χ0n) is 17.9. The Kier molecular flexibility index (Phi) is 8.38. The third-order valence-corrected chi connectivity index (χ3v) is 6.60. The van der Waals surface area contributed by atoms with E-state index in [4.69, 9.17) is 4.74 Å². The Labute approximate surface area is 179 Å². The molecule has 1 aliphatic heterocycles. The fourth-order valence-corrected chi connectivity index (χ4v) is 4.50. The van der Waals surface area contributed by atoms with E-state index in [0.717, 1.165) is 50.9 Å². The molecule has 1 N–H and O–H groups in total. The number of likely N-dealkylation sites (N-methyl/N-ethyl adjacent to an activating group) is 1. The van der Waals surface area contributed by atoms with Gasteiger partial charge in [-0.05, 0) is 67.4 Å². The summed E-state index contributed by atoms with van der Waals surface area (Å²) in [5.41, 5.74) is 1.36. The SMILES string of the molecule is CN=C(NCC1CCN(Cc2ccc(OC)cc2)CC1)N(C)CCc1cccs1. The minimum absolute atomic E-state index is 0.713. The van der Waals surface area contributed by atoms with Crippen LogP contribution in [0.5, 0.6) is 5.75 Å². The topological polar surface area (TPSA) is 40.1 Å². The van der Waals surface area contributed by atoms with E-state index in [9.17, 15) is 0 Å².